The fourth-order valence-electron chi connectivity index (χ4n) is 3.32. The molecule has 0 aliphatic carbocycles. The summed E-state index contributed by atoms with van der Waals surface area (Å²) < 4.78 is 16.6. The van der Waals surface area contributed by atoms with E-state index in [9.17, 15) is 14.0 Å². The zero-order valence-electron chi connectivity index (χ0n) is 15.6. The standard InChI is InChI=1S/C19H25FN4O3/c1-3-23-10-14(19(27)22-12(2)11-25)18(26)13-8-15(20)17(9-16(13)23)24-6-4-21-5-7-24/h8-10,12,21,25H,3-7,11H2,1-2H3,(H,22,27). The molecule has 1 unspecified atom stereocenters. The van der Waals surface area contributed by atoms with Crippen LogP contribution in [0.3, 0.4) is 0 Å². The van der Waals surface area contributed by atoms with Crippen LogP contribution in [0.25, 0.3) is 10.9 Å². The molecule has 1 aromatic heterocycles. The monoisotopic (exact) mass is 376 g/mol. The highest BCUT2D eigenvalue weighted by molar-refractivity contribution is 5.98. The van der Waals surface area contributed by atoms with E-state index in [-0.39, 0.29) is 17.6 Å². The third-order valence-corrected chi connectivity index (χ3v) is 4.84. The van der Waals surface area contributed by atoms with Gasteiger partial charge in [0, 0.05) is 50.3 Å². The number of carbonyl (C=O) groups excluding carboxylic acids is 1. The normalized spacial score (nSPS) is 15.8. The first kappa shape index (κ1) is 19.3. The Kier molecular flexibility index (Phi) is 5.76. The molecule has 1 saturated heterocycles. The van der Waals surface area contributed by atoms with Gasteiger partial charge in [0.15, 0.2) is 0 Å². The number of fused-ring (bicyclic) bond motifs is 1. The molecule has 0 radical (unpaired) electrons. The zero-order chi connectivity index (χ0) is 19.6. The van der Waals surface area contributed by atoms with E-state index >= 15 is 0 Å². The lowest BCUT2D eigenvalue weighted by molar-refractivity contribution is 0.0920. The number of aliphatic hydroxyl groups is 1. The second kappa shape index (κ2) is 8.06. The summed E-state index contributed by atoms with van der Waals surface area (Å²) in [6.45, 7) is 6.77. The van der Waals surface area contributed by atoms with Gasteiger partial charge in [-0.05, 0) is 26.0 Å². The number of aromatic nitrogens is 1. The van der Waals surface area contributed by atoms with Gasteiger partial charge < -0.3 is 25.2 Å². The number of hydrogen-bond donors (Lipinski definition) is 3. The molecule has 3 N–H and O–H groups in total. The fraction of sp³-hybridized carbons (Fsp3) is 0.474. The number of amides is 1. The Bertz CT molecular complexity index is 906. The number of carbonyl (C=O) groups is 1. The van der Waals surface area contributed by atoms with Crippen molar-refractivity contribution in [3.63, 3.8) is 0 Å². The summed E-state index contributed by atoms with van der Waals surface area (Å²) in [6, 6.07) is 2.45. The zero-order valence-corrected chi connectivity index (χ0v) is 15.6. The maximum Gasteiger partial charge on any atom is 0.257 e. The van der Waals surface area contributed by atoms with E-state index in [2.05, 4.69) is 10.6 Å². The number of rotatable bonds is 5. The van der Waals surface area contributed by atoms with E-state index in [1.165, 1.54) is 12.3 Å². The van der Waals surface area contributed by atoms with Crippen molar-refractivity contribution in [1.29, 1.82) is 0 Å². The lowest BCUT2D eigenvalue weighted by Gasteiger charge is -2.30. The van der Waals surface area contributed by atoms with Gasteiger partial charge >= 0.3 is 0 Å². The van der Waals surface area contributed by atoms with Gasteiger partial charge in [0.1, 0.15) is 11.4 Å². The highest BCUT2D eigenvalue weighted by Gasteiger charge is 2.21. The van der Waals surface area contributed by atoms with E-state index < -0.39 is 23.2 Å². The first-order chi connectivity index (χ1) is 13.0. The number of benzene rings is 1. The molecule has 8 heteroatoms. The maximum absolute atomic E-state index is 14.8. The minimum Gasteiger partial charge on any atom is -0.394 e. The Morgan fingerprint density at radius 3 is 2.70 bits per heavy atom. The van der Waals surface area contributed by atoms with Crippen LogP contribution in [0, 0.1) is 5.82 Å². The van der Waals surface area contributed by atoms with Crippen LogP contribution in [0.4, 0.5) is 10.1 Å². The summed E-state index contributed by atoms with van der Waals surface area (Å²) in [6.07, 6.45) is 1.50. The molecule has 1 aliphatic rings. The average molecular weight is 376 g/mol. The van der Waals surface area contributed by atoms with Crippen molar-refractivity contribution in [2.45, 2.75) is 26.4 Å². The summed E-state index contributed by atoms with van der Waals surface area (Å²) in [5, 5.41) is 15.1. The van der Waals surface area contributed by atoms with Crippen molar-refractivity contribution in [1.82, 2.24) is 15.2 Å². The molecule has 7 nitrogen and oxygen atoms in total. The summed E-state index contributed by atoms with van der Waals surface area (Å²) in [5.41, 5.74) is 0.503. The summed E-state index contributed by atoms with van der Waals surface area (Å²) >= 11 is 0. The first-order valence-electron chi connectivity index (χ1n) is 9.20. The lowest BCUT2D eigenvalue weighted by atomic mass is 10.1. The predicted molar refractivity (Wildman–Crippen MR) is 103 cm³/mol. The van der Waals surface area contributed by atoms with Gasteiger partial charge in [-0.2, -0.15) is 0 Å². The number of pyridine rings is 1. The number of hydrogen-bond acceptors (Lipinski definition) is 5. The Balaban J connectivity index is 2.11. The number of halogens is 1. The van der Waals surface area contributed by atoms with Crippen molar-refractivity contribution < 1.29 is 14.3 Å². The highest BCUT2D eigenvalue weighted by atomic mass is 19.1. The molecule has 2 heterocycles. The quantitative estimate of drug-likeness (QED) is 0.715. The molecule has 1 fully saturated rings. The second-order valence-corrected chi connectivity index (χ2v) is 6.77. The molecular formula is C19H25FN4O3. The third-order valence-electron chi connectivity index (χ3n) is 4.84. The molecular weight excluding hydrogens is 351 g/mol. The van der Waals surface area contributed by atoms with Crippen LogP contribution in [-0.2, 0) is 6.54 Å². The number of anilines is 1. The largest absolute Gasteiger partial charge is 0.394 e. The topological polar surface area (TPSA) is 86.6 Å². The van der Waals surface area contributed by atoms with E-state index in [4.69, 9.17) is 5.11 Å². The van der Waals surface area contributed by atoms with Gasteiger partial charge in [0.25, 0.3) is 5.91 Å². The van der Waals surface area contributed by atoms with Gasteiger partial charge in [-0.3, -0.25) is 9.59 Å². The number of nitrogens with zero attached hydrogens (tertiary/aromatic N) is 2. The first-order valence-corrected chi connectivity index (χ1v) is 9.20. The number of aryl methyl sites for hydroxylation is 1. The summed E-state index contributed by atoms with van der Waals surface area (Å²) in [4.78, 5) is 27.2. The number of aliphatic hydroxyl groups excluding tert-OH is 1. The second-order valence-electron chi connectivity index (χ2n) is 6.77. The average Bonchev–Trinajstić information content (AvgIpc) is 2.68. The molecule has 3 rings (SSSR count). The molecule has 1 amide bonds. The summed E-state index contributed by atoms with van der Waals surface area (Å²) in [5.74, 6) is -1.04. The van der Waals surface area contributed by atoms with Gasteiger partial charge in [0.2, 0.25) is 5.43 Å². The van der Waals surface area contributed by atoms with Crippen molar-refractivity contribution >= 4 is 22.5 Å². The molecule has 0 spiro atoms. The summed E-state index contributed by atoms with van der Waals surface area (Å²) in [7, 11) is 0. The van der Waals surface area contributed by atoms with Crippen molar-refractivity contribution in [2.24, 2.45) is 0 Å². The van der Waals surface area contributed by atoms with Gasteiger partial charge in [-0.15, -0.1) is 0 Å². The third kappa shape index (κ3) is 3.81. The molecule has 1 atom stereocenters. The predicted octanol–water partition coefficient (Wildman–Crippen LogP) is 0.681. The maximum atomic E-state index is 14.8. The van der Waals surface area contributed by atoms with Crippen molar-refractivity contribution in [2.75, 3.05) is 37.7 Å². The lowest BCUT2D eigenvalue weighted by Crippen LogP contribution is -2.44. The molecule has 0 saturated carbocycles. The van der Waals surface area contributed by atoms with Gasteiger partial charge in [0.05, 0.1) is 17.8 Å². The number of nitrogens with one attached hydrogen (secondary N) is 2. The molecule has 2 aromatic rings. The van der Waals surface area contributed by atoms with Crippen LogP contribution >= 0.6 is 0 Å². The molecule has 146 valence electrons. The van der Waals surface area contributed by atoms with Gasteiger partial charge in [-0.25, -0.2) is 4.39 Å². The Morgan fingerprint density at radius 2 is 2.07 bits per heavy atom. The molecule has 1 aliphatic heterocycles. The fourth-order valence-corrected chi connectivity index (χ4v) is 3.32. The van der Waals surface area contributed by atoms with Crippen LogP contribution in [0.5, 0.6) is 0 Å². The van der Waals surface area contributed by atoms with Crippen LogP contribution in [0.2, 0.25) is 0 Å². The van der Waals surface area contributed by atoms with Gasteiger partial charge in [-0.1, -0.05) is 0 Å². The highest BCUT2D eigenvalue weighted by Crippen LogP contribution is 2.25. The van der Waals surface area contributed by atoms with E-state index in [1.807, 2.05) is 11.8 Å². The Hall–Kier alpha value is -2.45. The smallest absolute Gasteiger partial charge is 0.257 e. The van der Waals surface area contributed by atoms with E-state index in [0.717, 1.165) is 13.1 Å². The van der Waals surface area contributed by atoms with Crippen LogP contribution < -0.4 is 21.0 Å². The van der Waals surface area contributed by atoms with Crippen LogP contribution in [0.1, 0.15) is 24.2 Å². The molecule has 27 heavy (non-hydrogen) atoms. The van der Waals surface area contributed by atoms with Crippen molar-refractivity contribution in [3.05, 3.63) is 39.9 Å². The van der Waals surface area contributed by atoms with E-state index in [0.29, 0.717) is 30.8 Å². The number of piperazine rings is 1. The SMILES string of the molecule is CCn1cc(C(=O)NC(C)CO)c(=O)c2cc(F)c(N3CCNCC3)cc21. The Labute approximate surface area is 156 Å². The Morgan fingerprint density at radius 1 is 1.37 bits per heavy atom. The minimum absolute atomic E-state index is 0.0565. The molecule has 1 aromatic carbocycles. The minimum atomic E-state index is -0.572. The molecule has 0 bridgehead atoms. The van der Waals surface area contributed by atoms with Crippen LogP contribution in [-0.4, -0.2) is 54.4 Å². The van der Waals surface area contributed by atoms with E-state index in [1.54, 1.807) is 17.6 Å². The van der Waals surface area contributed by atoms with Crippen molar-refractivity contribution in [3.8, 4) is 0 Å². The van der Waals surface area contributed by atoms with Crippen LogP contribution in [0.15, 0.2) is 23.1 Å².